The van der Waals surface area contributed by atoms with Gasteiger partial charge in [-0.1, -0.05) is 11.6 Å². The molecular formula is C12H12ClIN2S. The summed E-state index contributed by atoms with van der Waals surface area (Å²) in [6.45, 7) is 2.00. The monoisotopic (exact) mass is 378 g/mol. The van der Waals surface area contributed by atoms with E-state index in [1.165, 1.54) is 0 Å². The summed E-state index contributed by atoms with van der Waals surface area (Å²) in [7, 11) is 0. The molecule has 1 unspecified atom stereocenters. The fraction of sp³-hybridized carbons (Fsp3) is 0.250. The van der Waals surface area contributed by atoms with E-state index in [1.54, 1.807) is 11.3 Å². The lowest BCUT2D eigenvalue weighted by Crippen LogP contribution is -2.15. The molecule has 0 aliphatic heterocycles. The molecule has 0 radical (unpaired) electrons. The van der Waals surface area contributed by atoms with E-state index in [1.807, 2.05) is 25.1 Å². The zero-order valence-electron chi connectivity index (χ0n) is 9.28. The Morgan fingerprint density at radius 1 is 1.53 bits per heavy atom. The number of rotatable bonds is 3. The zero-order chi connectivity index (χ0) is 12.4. The minimum atomic E-state index is -0.0536. The van der Waals surface area contributed by atoms with Crippen LogP contribution in [0.2, 0.25) is 5.02 Å². The second kappa shape index (κ2) is 5.65. The molecule has 2 rings (SSSR count). The van der Waals surface area contributed by atoms with Crippen LogP contribution in [0.4, 0.5) is 0 Å². The van der Waals surface area contributed by atoms with Crippen molar-refractivity contribution in [1.29, 1.82) is 0 Å². The van der Waals surface area contributed by atoms with Gasteiger partial charge in [0.25, 0.3) is 0 Å². The molecule has 0 fully saturated rings. The van der Waals surface area contributed by atoms with E-state index in [-0.39, 0.29) is 6.04 Å². The summed E-state index contributed by atoms with van der Waals surface area (Å²) < 4.78 is 1.14. The molecule has 1 aromatic heterocycles. The van der Waals surface area contributed by atoms with Crippen LogP contribution in [0.25, 0.3) is 0 Å². The predicted molar refractivity (Wildman–Crippen MR) is 81.7 cm³/mol. The molecule has 1 atom stereocenters. The largest absolute Gasteiger partial charge is 0.324 e. The van der Waals surface area contributed by atoms with Gasteiger partial charge in [0.1, 0.15) is 0 Å². The third-order valence-corrected chi connectivity index (χ3v) is 4.49. The lowest BCUT2D eigenvalue weighted by Gasteiger charge is -2.13. The highest BCUT2D eigenvalue weighted by Gasteiger charge is 2.12. The van der Waals surface area contributed by atoms with E-state index >= 15 is 0 Å². The Labute approximate surface area is 123 Å². The molecule has 2 aromatic rings. The minimum absolute atomic E-state index is 0.0536. The van der Waals surface area contributed by atoms with Gasteiger partial charge in [0.15, 0.2) is 0 Å². The van der Waals surface area contributed by atoms with Crippen molar-refractivity contribution in [3.63, 3.8) is 0 Å². The molecule has 1 aromatic carbocycles. The summed E-state index contributed by atoms with van der Waals surface area (Å²) in [5.41, 5.74) is 8.35. The Bertz CT molecular complexity index is 527. The van der Waals surface area contributed by atoms with E-state index in [9.17, 15) is 0 Å². The number of hydrogen-bond acceptors (Lipinski definition) is 3. The maximum absolute atomic E-state index is 6.21. The van der Waals surface area contributed by atoms with Crippen LogP contribution in [0.3, 0.4) is 0 Å². The molecule has 5 heteroatoms. The second-order valence-electron chi connectivity index (χ2n) is 3.83. The van der Waals surface area contributed by atoms with E-state index in [2.05, 4.69) is 33.0 Å². The number of aryl methyl sites for hydroxylation is 1. The quantitative estimate of drug-likeness (QED) is 0.821. The molecule has 0 aliphatic carbocycles. The SMILES string of the molecule is Cc1nc(CC(N)c2cc(Cl)ccc2I)cs1. The molecule has 90 valence electrons. The Morgan fingerprint density at radius 3 is 2.94 bits per heavy atom. The highest BCUT2D eigenvalue weighted by molar-refractivity contribution is 14.1. The van der Waals surface area contributed by atoms with E-state index in [0.29, 0.717) is 0 Å². The molecule has 0 aliphatic rings. The molecule has 1 heterocycles. The second-order valence-corrected chi connectivity index (χ2v) is 6.50. The van der Waals surface area contributed by atoms with Gasteiger partial charge in [0.05, 0.1) is 10.7 Å². The van der Waals surface area contributed by atoms with Crippen molar-refractivity contribution in [3.8, 4) is 0 Å². The third-order valence-electron chi connectivity index (χ3n) is 2.45. The standard InChI is InChI=1S/C12H12ClIN2S/c1-7-16-9(6-17-7)5-12(15)10-4-8(13)2-3-11(10)14/h2-4,6,12H,5,15H2,1H3. The number of aromatic nitrogens is 1. The van der Waals surface area contributed by atoms with Gasteiger partial charge < -0.3 is 5.73 Å². The topological polar surface area (TPSA) is 38.9 Å². The summed E-state index contributed by atoms with van der Waals surface area (Å²) >= 11 is 9.93. The maximum atomic E-state index is 6.21. The fourth-order valence-electron chi connectivity index (χ4n) is 1.64. The first-order valence-electron chi connectivity index (χ1n) is 5.18. The maximum Gasteiger partial charge on any atom is 0.0897 e. The molecule has 0 saturated heterocycles. The smallest absolute Gasteiger partial charge is 0.0897 e. The van der Waals surface area contributed by atoms with E-state index in [4.69, 9.17) is 17.3 Å². The van der Waals surface area contributed by atoms with Crippen LogP contribution in [0, 0.1) is 10.5 Å². The molecule has 0 amide bonds. The molecule has 2 nitrogen and oxygen atoms in total. The number of benzene rings is 1. The highest BCUT2D eigenvalue weighted by atomic mass is 127. The molecular weight excluding hydrogens is 367 g/mol. The van der Waals surface area contributed by atoms with Gasteiger partial charge in [-0.3, -0.25) is 0 Å². The predicted octanol–water partition coefficient (Wildman–Crippen LogP) is 3.95. The summed E-state index contributed by atoms with van der Waals surface area (Å²) in [5.74, 6) is 0. The normalized spacial score (nSPS) is 12.7. The van der Waals surface area contributed by atoms with Crippen LogP contribution in [0.1, 0.15) is 22.3 Å². The van der Waals surface area contributed by atoms with Crippen LogP contribution >= 0.6 is 45.5 Å². The summed E-state index contributed by atoms with van der Waals surface area (Å²) in [4.78, 5) is 4.43. The van der Waals surface area contributed by atoms with Crippen LogP contribution in [0.5, 0.6) is 0 Å². The van der Waals surface area contributed by atoms with Crippen molar-refractivity contribution in [3.05, 3.63) is 48.4 Å². The lowest BCUT2D eigenvalue weighted by molar-refractivity contribution is 0.705. The van der Waals surface area contributed by atoms with Gasteiger partial charge in [-0.25, -0.2) is 4.98 Å². The van der Waals surface area contributed by atoms with Gasteiger partial charge >= 0.3 is 0 Å². The van der Waals surface area contributed by atoms with Crippen LogP contribution in [0.15, 0.2) is 23.6 Å². The number of halogens is 2. The first kappa shape index (κ1) is 13.3. The van der Waals surface area contributed by atoms with Gasteiger partial charge in [-0.2, -0.15) is 0 Å². The van der Waals surface area contributed by atoms with Gasteiger partial charge in [-0.05, 0) is 53.3 Å². The molecule has 0 spiro atoms. The van der Waals surface area contributed by atoms with E-state index < -0.39 is 0 Å². The number of hydrogen-bond donors (Lipinski definition) is 1. The van der Waals surface area contributed by atoms with Crippen molar-refractivity contribution < 1.29 is 0 Å². The molecule has 0 bridgehead atoms. The Balaban J connectivity index is 2.19. The van der Waals surface area contributed by atoms with E-state index in [0.717, 1.165) is 31.3 Å². The summed E-state index contributed by atoms with van der Waals surface area (Å²) in [6, 6.07) is 5.76. The molecule has 2 N–H and O–H groups in total. The van der Waals surface area contributed by atoms with Crippen molar-refractivity contribution in [1.82, 2.24) is 4.98 Å². The first-order chi connectivity index (χ1) is 8.06. The average molecular weight is 379 g/mol. The van der Waals surface area contributed by atoms with Crippen LogP contribution in [-0.2, 0) is 6.42 Å². The van der Waals surface area contributed by atoms with Crippen LogP contribution < -0.4 is 5.73 Å². The van der Waals surface area contributed by atoms with Gasteiger partial charge in [0, 0.05) is 26.4 Å². The van der Waals surface area contributed by atoms with Gasteiger partial charge in [-0.15, -0.1) is 11.3 Å². The first-order valence-corrected chi connectivity index (χ1v) is 7.51. The number of nitrogens with zero attached hydrogens (tertiary/aromatic N) is 1. The van der Waals surface area contributed by atoms with Crippen LogP contribution in [-0.4, -0.2) is 4.98 Å². The fourth-order valence-corrected chi connectivity index (χ4v) is 3.18. The van der Waals surface area contributed by atoms with Crippen molar-refractivity contribution >= 4 is 45.5 Å². The molecule has 17 heavy (non-hydrogen) atoms. The Morgan fingerprint density at radius 2 is 2.29 bits per heavy atom. The molecule has 0 saturated carbocycles. The highest BCUT2D eigenvalue weighted by Crippen LogP contribution is 2.25. The van der Waals surface area contributed by atoms with Gasteiger partial charge in [0.2, 0.25) is 0 Å². The lowest BCUT2D eigenvalue weighted by atomic mass is 10.0. The summed E-state index contributed by atoms with van der Waals surface area (Å²) in [5, 5.41) is 3.87. The number of nitrogens with two attached hydrogens (primary N) is 1. The Hall–Kier alpha value is -0.170. The number of thiazole rings is 1. The third kappa shape index (κ3) is 3.40. The van der Waals surface area contributed by atoms with Crippen molar-refractivity contribution in [2.45, 2.75) is 19.4 Å². The minimum Gasteiger partial charge on any atom is -0.324 e. The van der Waals surface area contributed by atoms with Crippen molar-refractivity contribution in [2.24, 2.45) is 5.73 Å². The Kier molecular flexibility index (Phi) is 4.41. The zero-order valence-corrected chi connectivity index (χ0v) is 13.0. The average Bonchev–Trinajstić information content (AvgIpc) is 2.67. The summed E-state index contributed by atoms with van der Waals surface area (Å²) in [6.07, 6.45) is 0.751. The van der Waals surface area contributed by atoms with Crippen molar-refractivity contribution in [2.75, 3.05) is 0 Å².